The Labute approximate surface area is 95.8 Å². The third-order valence-electron chi connectivity index (χ3n) is 4.34. The standard InChI is InChI=1S/C14H29N/c1-9(2)12-7-6-11(5)8-13(12)14(15)10(3)4/h9-14H,6-8,15H2,1-5H3. The lowest BCUT2D eigenvalue weighted by atomic mass is 9.66. The third-order valence-corrected chi connectivity index (χ3v) is 4.34. The predicted molar refractivity (Wildman–Crippen MR) is 67.6 cm³/mol. The Morgan fingerprint density at radius 3 is 2.07 bits per heavy atom. The van der Waals surface area contributed by atoms with E-state index in [2.05, 4.69) is 34.6 Å². The van der Waals surface area contributed by atoms with Gasteiger partial charge in [0, 0.05) is 6.04 Å². The highest BCUT2D eigenvalue weighted by molar-refractivity contribution is 4.87. The molecule has 0 bridgehead atoms. The van der Waals surface area contributed by atoms with Crippen molar-refractivity contribution in [3.63, 3.8) is 0 Å². The SMILES string of the molecule is CC1CCC(C(C)C)C(C(N)C(C)C)C1. The molecule has 0 radical (unpaired) electrons. The minimum absolute atomic E-state index is 0.403. The van der Waals surface area contributed by atoms with Crippen molar-refractivity contribution in [3.05, 3.63) is 0 Å². The monoisotopic (exact) mass is 211 g/mol. The molecule has 0 aromatic rings. The van der Waals surface area contributed by atoms with E-state index in [0.29, 0.717) is 12.0 Å². The van der Waals surface area contributed by atoms with Crippen LogP contribution >= 0.6 is 0 Å². The Kier molecular flexibility index (Phi) is 4.64. The van der Waals surface area contributed by atoms with E-state index >= 15 is 0 Å². The fraction of sp³-hybridized carbons (Fsp3) is 1.00. The molecule has 1 fully saturated rings. The van der Waals surface area contributed by atoms with E-state index in [9.17, 15) is 0 Å². The molecule has 15 heavy (non-hydrogen) atoms. The summed E-state index contributed by atoms with van der Waals surface area (Å²) in [6.45, 7) is 11.6. The molecule has 0 aromatic heterocycles. The average molecular weight is 211 g/mol. The summed E-state index contributed by atoms with van der Waals surface area (Å²) in [5.74, 6) is 3.93. The molecule has 1 aliphatic rings. The van der Waals surface area contributed by atoms with Crippen LogP contribution in [-0.4, -0.2) is 6.04 Å². The molecule has 0 amide bonds. The van der Waals surface area contributed by atoms with Gasteiger partial charge in [0.15, 0.2) is 0 Å². The van der Waals surface area contributed by atoms with Gasteiger partial charge in [0.2, 0.25) is 0 Å². The van der Waals surface area contributed by atoms with E-state index in [0.717, 1.165) is 23.7 Å². The van der Waals surface area contributed by atoms with E-state index in [1.165, 1.54) is 19.3 Å². The number of nitrogens with two attached hydrogens (primary N) is 1. The first-order valence-electron chi connectivity index (χ1n) is 6.69. The van der Waals surface area contributed by atoms with Crippen molar-refractivity contribution in [3.8, 4) is 0 Å². The van der Waals surface area contributed by atoms with Crippen molar-refractivity contribution < 1.29 is 0 Å². The van der Waals surface area contributed by atoms with E-state index in [1.807, 2.05) is 0 Å². The summed E-state index contributed by atoms with van der Waals surface area (Å²) >= 11 is 0. The van der Waals surface area contributed by atoms with Crippen LogP contribution in [-0.2, 0) is 0 Å². The van der Waals surface area contributed by atoms with E-state index < -0.39 is 0 Å². The number of hydrogen-bond acceptors (Lipinski definition) is 1. The topological polar surface area (TPSA) is 26.0 Å². The molecule has 0 spiro atoms. The lowest BCUT2D eigenvalue weighted by molar-refractivity contribution is 0.106. The molecular formula is C14H29N. The van der Waals surface area contributed by atoms with Gasteiger partial charge in [-0.15, -0.1) is 0 Å². The van der Waals surface area contributed by atoms with Gasteiger partial charge in [-0.05, 0) is 42.4 Å². The second-order valence-corrected chi connectivity index (χ2v) is 6.31. The smallest absolute Gasteiger partial charge is 0.00932 e. The van der Waals surface area contributed by atoms with Gasteiger partial charge < -0.3 is 5.73 Å². The van der Waals surface area contributed by atoms with Crippen LogP contribution in [0.5, 0.6) is 0 Å². The second kappa shape index (κ2) is 5.34. The Balaban J connectivity index is 2.69. The van der Waals surface area contributed by atoms with Crippen LogP contribution in [0.25, 0.3) is 0 Å². The Bertz CT molecular complexity index is 186. The van der Waals surface area contributed by atoms with Gasteiger partial charge in [0.1, 0.15) is 0 Å². The summed E-state index contributed by atoms with van der Waals surface area (Å²) in [5.41, 5.74) is 6.38. The molecule has 0 saturated heterocycles. The maximum absolute atomic E-state index is 6.38. The molecule has 1 nitrogen and oxygen atoms in total. The highest BCUT2D eigenvalue weighted by Crippen LogP contribution is 2.40. The molecule has 1 saturated carbocycles. The van der Waals surface area contributed by atoms with Gasteiger partial charge in [0.05, 0.1) is 0 Å². The van der Waals surface area contributed by atoms with Crippen LogP contribution in [0.3, 0.4) is 0 Å². The van der Waals surface area contributed by atoms with Gasteiger partial charge in [0.25, 0.3) is 0 Å². The van der Waals surface area contributed by atoms with Crippen molar-refractivity contribution in [2.45, 2.75) is 59.9 Å². The van der Waals surface area contributed by atoms with Crippen molar-refractivity contribution in [2.75, 3.05) is 0 Å². The van der Waals surface area contributed by atoms with Gasteiger partial charge >= 0.3 is 0 Å². The molecule has 2 N–H and O–H groups in total. The highest BCUT2D eigenvalue weighted by Gasteiger charge is 2.35. The second-order valence-electron chi connectivity index (χ2n) is 6.31. The minimum atomic E-state index is 0.403. The van der Waals surface area contributed by atoms with Crippen LogP contribution in [0.2, 0.25) is 0 Å². The Morgan fingerprint density at radius 1 is 1.00 bits per heavy atom. The van der Waals surface area contributed by atoms with E-state index in [-0.39, 0.29) is 0 Å². The first kappa shape index (κ1) is 13.0. The fourth-order valence-electron chi connectivity index (χ4n) is 3.21. The van der Waals surface area contributed by atoms with Crippen LogP contribution in [0.4, 0.5) is 0 Å². The molecule has 1 rings (SSSR count). The zero-order valence-corrected chi connectivity index (χ0v) is 11.2. The van der Waals surface area contributed by atoms with Crippen LogP contribution in [0.1, 0.15) is 53.9 Å². The molecular weight excluding hydrogens is 182 g/mol. The molecule has 0 aromatic carbocycles. The van der Waals surface area contributed by atoms with Crippen LogP contribution < -0.4 is 5.73 Å². The largest absolute Gasteiger partial charge is 0.327 e. The summed E-state index contributed by atoms with van der Waals surface area (Å²) in [7, 11) is 0. The van der Waals surface area contributed by atoms with Gasteiger partial charge in [-0.3, -0.25) is 0 Å². The van der Waals surface area contributed by atoms with Crippen molar-refractivity contribution in [2.24, 2.45) is 35.3 Å². The molecule has 4 atom stereocenters. The Hall–Kier alpha value is -0.0400. The first-order chi connectivity index (χ1) is 6.93. The highest BCUT2D eigenvalue weighted by atomic mass is 14.7. The maximum Gasteiger partial charge on any atom is 0.00932 e. The number of rotatable bonds is 3. The molecule has 4 unspecified atom stereocenters. The lowest BCUT2D eigenvalue weighted by Crippen LogP contribution is -2.43. The molecule has 0 aliphatic heterocycles. The van der Waals surface area contributed by atoms with Gasteiger partial charge in [-0.2, -0.15) is 0 Å². The third kappa shape index (κ3) is 3.21. The van der Waals surface area contributed by atoms with Gasteiger partial charge in [-0.1, -0.05) is 41.0 Å². The maximum atomic E-state index is 6.38. The molecule has 0 heterocycles. The zero-order chi connectivity index (χ0) is 11.6. The predicted octanol–water partition coefficient (Wildman–Crippen LogP) is 3.68. The summed E-state index contributed by atoms with van der Waals surface area (Å²) < 4.78 is 0. The first-order valence-corrected chi connectivity index (χ1v) is 6.69. The summed E-state index contributed by atoms with van der Waals surface area (Å²) in [6.07, 6.45) is 4.15. The molecule has 1 aliphatic carbocycles. The van der Waals surface area contributed by atoms with Gasteiger partial charge in [-0.25, -0.2) is 0 Å². The average Bonchev–Trinajstić information content (AvgIpc) is 2.15. The van der Waals surface area contributed by atoms with Crippen LogP contribution in [0.15, 0.2) is 0 Å². The fourth-order valence-corrected chi connectivity index (χ4v) is 3.21. The minimum Gasteiger partial charge on any atom is -0.327 e. The normalized spacial score (nSPS) is 34.8. The summed E-state index contributed by atoms with van der Waals surface area (Å²) in [4.78, 5) is 0. The van der Waals surface area contributed by atoms with E-state index in [1.54, 1.807) is 0 Å². The molecule has 1 heteroatoms. The van der Waals surface area contributed by atoms with E-state index in [4.69, 9.17) is 5.73 Å². The summed E-state index contributed by atoms with van der Waals surface area (Å²) in [6, 6.07) is 0.403. The molecule has 90 valence electrons. The van der Waals surface area contributed by atoms with Crippen molar-refractivity contribution in [1.82, 2.24) is 0 Å². The van der Waals surface area contributed by atoms with Crippen LogP contribution in [0, 0.1) is 29.6 Å². The Morgan fingerprint density at radius 2 is 1.60 bits per heavy atom. The number of hydrogen-bond donors (Lipinski definition) is 1. The summed E-state index contributed by atoms with van der Waals surface area (Å²) in [5, 5.41) is 0. The van der Waals surface area contributed by atoms with Crippen molar-refractivity contribution >= 4 is 0 Å². The van der Waals surface area contributed by atoms with Crippen molar-refractivity contribution in [1.29, 1.82) is 0 Å². The zero-order valence-electron chi connectivity index (χ0n) is 11.2. The lowest BCUT2D eigenvalue weighted by Gasteiger charge is -2.41. The quantitative estimate of drug-likeness (QED) is 0.757.